The van der Waals surface area contributed by atoms with Crippen molar-refractivity contribution in [3.63, 3.8) is 0 Å². The molecule has 1 unspecified atom stereocenters. The normalized spacial score (nSPS) is 19.0. The molecule has 3 nitrogen and oxygen atoms in total. The molecule has 1 atom stereocenters. The highest BCUT2D eigenvalue weighted by Gasteiger charge is 2.25. The number of aryl methyl sites for hydroxylation is 1. The van der Waals surface area contributed by atoms with Gasteiger partial charge in [0.25, 0.3) is 0 Å². The Kier molecular flexibility index (Phi) is 4.51. The second-order valence-electron chi connectivity index (χ2n) is 5.56. The van der Waals surface area contributed by atoms with E-state index in [2.05, 4.69) is 33.9 Å². The van der Waals surface area contributed by atoms with Gasteiger partial charge >= 0.3 is 0 Å². The van der Waals surface area contributed by atoms with Gasteiger partial charge in [-0.15, -0.1) is 0 Å². The number of halogens is 1. The van der Waals surface area contributed by atoms with Gasteiger partial charge in [-0.2, -0.15) is 0 Å². The van der Waals surface area contributed by atoms with Crippen LogP contribution in [0.25, 0.3) is 0 Å². The first kappa shape index (κ1) is 14.5. The predicted molar refractivity (Wildman–Crippen MR) is 85.5 cm³/mol. The summed E-state index contributed by atoms with van der Waals surface area (Å²) in [7, 11) is 0. The molecule has 0 bridgehead atoms. The minimum Gasteiger partial charge on any atom is -0.297 e. The molecular formula is C17H20ClN3. The number of aromatic nitrogens is 2. The number of likely N-dealkylation sites (tertiary alicyclic amines) is 1. The molecule has 0 aliphatic carbocycles. The molecule has 3 rings (SSSR count). The van der Waals surface area contributed by atoms with E-state index >= 15 is 0 Å². The lowest BCUT2D eigenvalue weighted by molar-refractivity contribution is 0.322. The summed E-state index contributed by atoms with van der Waals surface area (Å²) in [5.74, 6) is 1.46. The maximum atomic E-state index is 6.31. The Morgan fingerprint density at radius 2 is 2.14 bits per heavy atom. The van der Waals surface area contributed by atoms with Crippen molar-refractivity contribution in [3.8, 4) is 0 Å². The quantitative estimate of drug-likeness (QED) is 0.862. The van der Waals surface area contributed by atoms with Crippen molar-refractivity contribution >= 4 is 11.6 Å². The van der Waals surface area contributed by atoms with Crippen LogP contribution < -0.4 is 0 Å². The number of rotatable bonds is 4. The van der Waals surface area contributed by atoms with E-state index in [1.165, 1.54) is 5.56 Å². The smallest absolute Gasteiger partial charge is 0.128 e. The Labute approximate surface area is 131 Å². The van der Waals surface area contributed by atoms with E-state index in [0.29, 0.717) is 5.92 Å². The van der Waals surface area contributed by atoms with Crippen LogP contribution in [0, 0.1) is 0 Å². The number of hydrogen-bond acceptors (Lipinski definition) is 3. The van der Waals surface area contributed by atoms with Crippen LogP contribution in [0.5, 0.6) is 0 Å². The van der Waals surface area contributed by atoms with Crippen LogP contribution in [-0.4, -0.2) is 28.0 Å². The molecule has 2 aromatic rings. The van der Waals surface area contributed by atoms with Crippen molar-refractivity contribution in [3.05, 3.63) is 58.6 Å². The van der Waals surface area contributed by atoms with Crippen LogP contribution >= 0.6 is 11.6 Å². The fourth-order valence-corrected chi connectivity index (χ4v) is 3.26. The lowest BCUT2D eigenvalue weighted by Crippen LogP contribution is -2.20. The Bertz CT molecular complexity index is 614. The summed E-state index contributed by atoms with van der Waals surface area (Å²) in [6, 6.07) is 10.2. The van der Waals surface area contributed by atoms with Gasteiger partial charge in [-0.25, -0.2) is 9.97 Å². The van der Waals surface area contributed by atoms with Gasteiger partial charge in [0.2, 0.25) is 0 Å². The zero-order chi connectivity index (χ0) is 14.7. The summed E-state index contributed by atoms with van der Waals surface area (Å²) in [5, 5.41) is 0.889. The van der Waals surface area contributed by atoms with Crippen LogP contribution in [0.3, 0.4) is 0 Å². The van der Waals surface area contributed by atoms with Crippen LogP contribution in [0.2, 0.25) is 5.02 Å². The predicted octanol–water partition coefficient (Wildman–Crippen LogP) is 3.68. The monoisotopic (exact) mass is 301 g/mol. The molecule has 21 heavy (non-hydrogen) atoms. The summed E-state index contributed by atoms with van der Waals surface area (Å²) in [5.41, 5.74) is 2.39. The molecule has 1 fully saturated rings. The summed E-state index contributed by atoms with van der Waals surface area (Å²) in [6.45, 7) is 5.13. The minimum atomic E-state index is 0.534. The van der Waals surface area contributed by atoms with E-state index < -0.39 is 0 Å². The van der Waals surface area contributed by atoms with Crippen molar-refractivity contribution < 1.29 is 0 Å². The topological polar surface area (TPSA) is 29.0 Å². The summed E-state index contributed by atoms with van der Waals surface area (Å²) in [4.78, 5) is 11.3. The lowest BCUT2D eigenvalue weighted by Gasteiger charge is -2.16. The van der Waals surface area contributed by atoms with Crippen LogP contribution in [0.1, 0.15) is 36.3 Å². The maximum absolute atomic E-state index is 6.31. The third kappa shape index (κ3) is 3.42. The molecule has 1 aromatic heterocycles. The number of hydrogen-bond donors (Lipinski definition) is 0. The zero-order valence-corrected chi connectivity index (χ0v) is 13.1. The maximum Gasteiger partial charge on any atom is 0.128 e. The SMILES string of the molecule is CCc1nccc(CN2CCC(c3ccccc3Cl)C2)n1. The first-order chi connectivity index (χ1) is 10.3. The molecule has 4 heteroatoms. The molecule has 0 saturated carbocycles. The molecule has 1 saturated heterocycles. The molecule has 0 amide bonds. The minimum absolute atomic E-state index is 0.534. The highest BCUT2D eigenvalue weighted by Crippen LogP contribution is 2.32. The third-order valence-corrected chi connectivity index (χ3v) is 4.43. The van der Waals surface area contributed by atoms with Crippen molar-refractivity contribution in [1.82, 2.24) is 14.9 Å². The Morgan fingerprint density at radius 1 is 1.29 bits per heavy atom. The average Bonchev–Trinajstić information content (AvgIpc) is 2.96. The largest absolute Gasteiger partial charge is 0.297 e. The fraction of sp³-hybridized carbons (Fsp3) is 0.412. The van der Waals surface area contributed by atoms with Gasteiger partial charge in [0.05, 0.1) is 5.69 Å². The highest BCUT2D eigenvalue weighted by atomic mass is 35.5. The standard InChI is InChI=1S/C17H20ClN3/c1-2-17-19-9-7-14(20-17)12-21-10-8-13(11-21)15-5-3-4-6-16(15)18/h3-7,9,13H,2,8,10-12H2,1H3. The van der Waals surface area contributed by atoms with Crippen LogP contribution in [-0.2, 0) is 13.0 Å². The highest BCUT2D eigenvalue weighted by molar-refractivity contribution is 6.31. The van der Waals surface area contributed by atoms with Crippen molar-refractivity contribution in [1.29, 1.82) is 0 Å². The summed E-state index contributed by atoms with van der Waals surface area (Å²) < 4.78 is 0. The zero-order valence-electron chi connectivity index (χ0n) is 12.3. The Balaban J connectivity index is 1.66. The van der Waals surface area contributed by atoms with Gasteiger partial charge in [-0.1, -0.05) is 36.7 Å². The molecule has 1 aliphatic heterocycles. The average molecular weight is 302 g/mol. The van der Waals surface area contributed by atoms with Gasteiger partial charge in [0.1, 0.15) is 5.82 Å². The molecule has 2 heterocycles. The molecule has 110 valence electrons. The van der Waals surface area contributed by atoms with Gasteiger partial charge in [0.15, 0.2) is 0 Å². The first-order valence-corrected chi connectivity index (χ1v) is 7.91. The molecule has 1 aromatic carbocycles. The summed E-state index contributed by atoms with van der Waals surface area (Å²) >= 11 is 6.31. The molecule has 1 aliphatic rings. The molecule has 0 radical (unpaired) electrons. The third-order valence-electron chi connectivity index (χ3n) is 4.08. The van der Waals surface area contributed by atoms with Gasteiger partial charge < -0.3 is 0 Å². The first-order valence-electron chi connectivity index (χ1n) is 7.54. The van der Waals surface area contributed by atoms with Crippen molar-refractivity contribution in [2.45, 2.75) is 32.2 Å². The Hall–Kier alpha value is -1.45. The van der Waals surface area contributed by atoms with E-state index in [9.17, 15) is 0 Å². The van der Waals surface area contributed by atoms with Crippen LogP contribution in [0.15, 0.2) is 36.5 Å². The van der Waals surface area contributed by atoms with Gasteiger partial charge in [-0.3, -0.25) is 4.90 Å². The second kappa shape index (κ2) is 6.54. The van der Waals surface area contributed by atoms with E-state index in [1.54, 1.807) is 0 Å². The van der Waals surface area contributed by atoms with E-state index in [1.807, 2.05) is 24.4 Å². The van der Waals surface area contributed by atoms with Gasteiger partial charge in [0, 0.05) is 30.7 Å². The summed E-state index contributed by atoms with van der Waals surface area (Å²) in [6.07, 6.45) is 3.91. The van der Waals surface area contributed by atoms with Crippen molar-refractivity contribution in [2.75, 3.05) is 13.1 Å². The number of benzene rings is 1. The molecule has 0 N–H and O–H groups in total. The molecular weight excluding hydrogens is 282 g/mol. The van der Waals surface area contributed by atoms with Crippen LogP contribution in [0.4, 0.5) is 0 Å². The lowest BCUT2D eigenvalue weighted by atomic mass is 9.98. The molecule has 0 spiro atoms. The van der Waals surface area contributed by atoms with E-state index in [0.717, 1.165) is 49.0 Å². The fourth-order valence-electron chi connectivity index (χ4n) is 2.97. The van der Waals surface area contributed by atoms with E-state index in [-0.39, 0.29) is 0 Å². The number of nitrogens with zero attached hydrogens (tertiary/aromatic N) is 3. The van der Waals surface area contributed by atoms with Gasteiger partial charge in [-0.05, 0) is 36.6 Å². The van der Waals surface area contributed by atoms with E-state index in [4.69, 9.17) is 11.6 Å². The second-order valence-corrected chi connectivity index (χ2v) is 5.97. The van der Waals surface area contributed by atoms with Crippen molar-refractivity contribution in [2.24, 2.45) is 0 Å². The Morgan fingerprint density at radius 3 is 2.95 bits per heavy atom.